The third kappa shape index (κ3) is 5.02. The van der Waals surface area contributed by atoms with E-state index in [9.17, 15) is 21.6 Å². The zero-order valence-electron chi connectivity index (χ0n) is 18.0. The van der Waals surface area contributed by atoms with Gasteiger partial charge in [0, 0.05) is 12.1 Å². The van der Waals surface area contributed by atoms with Gasteiger partial charge in [-0.3, -0.25) is 4.68 Å². The SMILES string of the molecule is CCn1ncc(-c2nc(-c3cccc(S(N)(=O)=O)c3)no2)c1CCc1ccc(C(F)(F)F)cc1. The Bertz CT molecular complexity index is 1410. The number of nitrogens with zero attached hydrogens (tertiary/aromatic N) is 4. The van der Waals surface area contributed by atoms with Crippen molar-refractivity contribution in [3.8, 4) is 22.8 Å². The highest BCUT2D eigenvalue weighted by molar-refractivity contribution is 7.89. The number of nitrogens with two attached hydrogens (primary N) is 1. The standard InChI is InChI=1S/C22H20F3N5O3S/c1-2-30-19(11-8-14-6-9-16(10-7-14)22(23,24)25)18(13-27-30)21-28-20(29-33-21)15-4-3-5-17(12-15)34(26,31)32/h3-7,9-10,12-13H,2,8,11H2,1H3,(H2,26,31,32). The van der Waals surface area contributed by atoms with Gasteiger partial charge in [0.05, 0.1) is 27.9 Å². The van der Waals surface area contributed by atoms with Gasteiger partial charge in [-0.15, -0.1) is 0 Å². The summed E-state index contributed by atoms with van der Waals surface area (Å²) in [6.07, 6.45) is -1.83. The maximum absolute atomic E-state index is 12.8. The Morgan fingerprint density at radius 1 is 1.09 bits per heavy atom. The van der Waals surface area contributed by atoms with Crippen LogP contribution >= 0.6 is 0 Å². The van der Waals surface area contributed by atoms with Crippen molar-refractivity contribution >= 4 is 10.0 Å². The second kappa shape index (κ2) is 9.03. The Kier molecular flexibility index (Phi) is 6.28. The molecule has 0 unspecified atom stereocenters. The number of rotatable bonds is 7. The molecule has 12 heteroatoms. The molecule has 2 N–H and O–H groups in total. The normalized spacial score (nSPS) is 12.3. The maximum atomic E-state index is 12.8. The molecule has 8 nitrogen and oxygen atoms in total. The summed E-state index contributed by atoms with van der Waals surface area (Å²) >= 11 is 0. The monoisotopic (exact) mass is 491 g/mol. The van der Waals surface area contributed by atoms with Gasteiger partial charge in [0.2, 0.25) is 15.8 Å². The first-order valence-corrected chi connectivity index (χ1v) is 11.8. The van der Waals surface area contributed by atoms with Gasteiger partial charge in [-0.05, 0) is 49.6 Å². The van der Waals surface area contributed by atoms with E-state index in [1.165, 1.54) is 30.3 Å². The summed E-state index contributed by atoms with van der Waals surface area (Å²) in [5, 5.41) is 13.5. The van der Waals surface area contributed by atoms with Gasteiger partial charge >= 0.3 is 6.18 Å². The van der Waals surface area contributed by atoms with E-state index in [1.54, 1.807) is 16.9 Å². The van der Waals surface area contributed by atoms with Crippen LogP contribution in [0.15, 0.2) is 64.1 Å². The lowest BCUT2D eigenvalue weighted by Crippen LogP contribution is -2.11. The number of aromatic nitrogens is 4. The predicted molar refractivity (Wildman–Crippen MR) is 117 cm³/mol. The van der Waals surface area contributed by atoms with E-state index in [4.69, 9.17) is 9.66 Å². The molecule has 0 amide bonds. The molecule has 4 rings (SSSR count). The molecule has 0 spiro atoms. The smallest absolute Gasteiger partial charge is 0.333 e. The average molecular weight is 491 g/mol. The van der Waals surface area contributed by atoms with E-state index in [-0.39, 0.29) is 16.6 Å². The summed E-state index contributed by atoms with van der Waals surface area (Å²) < 4.78 is 68.8. The highest BCUT2D eigenvalue weighted by atomic mass is 32.2. The quantitative estimate of drug-likeness (QED) is 0.417. The number of hydrogen-bond acceptors (Lipinski definition) is 6. The Balaban J connectivity index is 1.59. The highest BCUT2D eigenvalue weighted by Gasteiger charge is 2.30. The van der Waals surface area contributed by atoms with Crippen molar-refractivity contribution in [1.82, 2.24) is 19.9 Å². The first-order valence-electron chi connectivity index (χ1n) is 10.2. The van der Waals surface area contributed by atoms with Gasteiger partial charge in [-0.1, -0.05) is 29.4 Å². The second-order valence-electron chi connectivity index (χ2n) is 7.51. The number of hydrogen-bond donors (Lipinski definition) is 1. The molecular formula is C22H20F3N5O3S. The molecule has 2 heterocycles. The van der Waals surface area contributed by atoms with E-state index < -0.39 is 21.8 Å². The van der Waals surface area contributed by atoms with E-state index in [1.807, 2.05) is 6.92 Å². The summed E-state index contributed by atoms with van der Waals surface area (Å²) in [6.45, 7) is 2.48. The molecule has 0 aliphatic rings. The van der Waals surface area contributed by atoms with Crippen LogP contribution in [0, 0.1) is 0 Å². The minimum atomic E-state index is -4.38. The zero-order chi connectivity index (χ0) is 24.5. The lowest BCUT2D eigenvalue weighted by molar-refractivity contribution is -0.137. The molecular weight excluding hydrogens is 471 g/mol. The Morgan fingerprint density at radius 2 is 1.82 bits per heavy atom. The number of alkyl halides is 3. The van der Waals surface area contributed by atoms with Gasteiger partial charge in [0.15, 0.2) is 0 Å². The highest BCUT2D eigenvalue weighted by Crippen LogP contribution is 2.30. The van der Waals surface area contributed by atoms with Crippen molar-refractivity contribution in [2.45, 2.75) is 37.4 Å². The average Bonchev–Trinajstić information content (AvgIpc) is 3.43. The zero-order valence-corrected chi connectivity index (χ0v) is 18.8. The number of halogens is 3. The van der Waals surface area contributed by atoms with E-state index in [0.29, 0.717) is 30.5 Å². The molecule has 2 aromatic carbocycles. The molecule has 178 valence electrons. The Hall–Kier alpha value is -3.51. The molecule has 0 aliphatic heterocycles. The number of benzene rings is 2. The molecule has 0 bridgehead atoms. The molecule has 0 atom stereocenters. The van der Waals surface area contributed by atoms with Crippen molar-refractivity contribution in [1.29, 1.82) is 0 Å². The number of primary sulfonamides is 1. The first-order chi connectivity index (χ1) is 16.1. The molecule has 0 saturated carbocycles. The van der Waals surface area contributed by atoms with Gasteiger partial charge in [-0.2, -0.15) is 23.3 Å². The fourth-order valence-electron chi connectivity index (χ4n) is 3.51. The fraction of sp³-hybridized carbons (Fsp3) is 0.227. The van der Waals surface area contributed by atoms with Gasteiger partial charge in [0.1, 0.15) is 0 Å². The van der Waals surface area contributed by atoms with Crippen LogP contribution in [-0.2, 0) is 35.6 Å². The third-order valence-electron chi connectivity index (χ3n) is 5.26. The lowest BCUT2D eigenvalue weighted by Gasteiger charge is -2.09. The molecule has 2 aromatic heterocycles. The van der Waals surface area contributed by atoms with Crippen LogP contribution in [0.1, 0.15) is 23.7 Å². The van der Waals surface area contributed by atoms with Crippen molar-refractivity contribution in [2.24, 2.45) is 5.14 Å². The van der Waals surface area contributed by atoms with Gasteiger partial charge in [-0.25, -0.2) is 13.6 Å². The molecule has 0 radical (unpaired) electrons. The number of sulfonamides is 1. The number of aryl methyl sites for hydroxylation is 2. The minimum Gasteiger partial charge on any atom is -0.333 e. The first kappa shape index (κ1) is 23.6. The topological polar surface area (TPSA) is 117 Å². The fourth-order valence-corrected chi connectivity index (χ4v) is 4.07. The van der Waals surface area contributed by atoms with Crippen LogP contribution in [-0.4, -0.2) is 28.3 Å². The largest absolute Gasteiger partial charge is 0.416 e. The van der Waals surface area contributed by atoms with Crippen LogP contribution in [0.2, 0.25) is 0 Å². The predicted octanol–water partition coefficient (Wildman–Crippen LogP) is 4.07. The summed E-state index contributed by atoms with van der Waals surface area (Å²) in [7, 11) is -3.89. The Labute approximate surface area is 193 Å². The molecule has 34 heavy (non-hydrogen) atoms. The van der Waals surface area contributed by atoms with E-state index in [2.05, 4.69) is 15.2 Å². The maximum Gasteiger partial charge on any atom is 0.416 e. The van der Waals surface area contributed by atoms with Crippen LogP contribution in [0.5, 0.6) is 0 Å². The summed E-state index contributed by atoms with van der Waals surface area (Å²) in [5.41, 5.74) is 1.84. The van der Waals surface area contributed by atoms with Gasteiger partial charge in [0.25, 0.3) is 5.89 Å². The lowest BCUT2D eigenvalue weighted by atomic mass is 10.0. The molecule has 0 aliphatic carbocycles. The summed E-state index contributed by atoms with van der Waals surface area (Å²) in [6, 6.07) is 10.9. The van der Waals surface area contributed by atoms with Crippen LogP contribution in [0.25, 0.3) is 22.8 Å². The van der Waals surface area contributed by atoms with Crippen molar-refractivity contribution in [2.75, 3.05) is 0 Å². The summed E-state index contributed by atoms with van der Waals surface area (Å²) in [4.78, 5) is 4.31. The summed E-state index contributed by atoms with van der Waals surface area (Å²) in [5.74, 6) is 0.372. The minimum absolute atomic E-state index is 0.0765. The van der Waals surface area contributed by atoms with E-state index >= 15 is 0 Å². The van der Waals surface area contributed by atoms with Crippen molar-refractivity contribution in [3.63, 3.8) is 0 Å². The van der Waals surface area contributed by atoms with Crippen molar-refractivity contribution in [3.05, 3.63) is 71.5 Å². The van der Waals surface area contributed by atoms with E-state index in [0.717, 1.165) is 23.4 Å². The van der Waals surface area contributed by atoms with Crippen LogP contribution in [0.3, 0.4) is 0 Å². The molecule has 4 aromatic rings. The Morgan fingerprint density at radius 3 is 2.47 bits per heavy atom. The second-order valence-corrected chi connectivity index (χ2v) is 9.07. The third-order valence-corrected chi connectivity index (χ3v) is 6.17. The molecule has 0 fully saturated rings. The van der Waals surface area contributed by atoms with Crippen molar-refractivity contribution < 1.29 is 26.1 Å². The van der Waals surface area contributed by atoms with Gasteiger partial charge < -0.3 is 4.52 Å². The molecule has 0 saturated heterocycles. The van der Waals surface area contributed by atoms with Crippen LogP contribution in [0.4, 0.5) is 13.2 Å². The van der Waals surface area contributed by atoms with Crippen LogP contribution < -0.4 is 5.14 Å².